The Morgan fingerprint density at radius 2 is 1.83 bits per heavy atom. The first-order chi connectivity index (χ1) is 14.5. The Hall–Kier alpha value is -3.52. The third-order valence-corrected chi connectivity index (χ3v) is 5.21. The number of aromatic nitrogens is 8. The summed E-state index contributed by atoms with van der Waals surface area (Å²) < 4.78 is 5.52. The van der Waals surface area contributed by atoms with Crippen LogP contribution in [-0.4, -0.2) is 38.9 Å². The van der Waals surface area contributed by atoms with Gasteiger partial charge in [0.15, 0.2) is 11.0 Å². The van der Waals surface area contributed by atoms with Crippen LogP contribution in [0.5, 0.6) is 0 Å². The first-order valence-corrected chi connectivity index (χ1v) is 9.94. The lowest BCUT2D eigenvalue weighted by Crippen LogP contribution is -2.02. The van der Waals surface area contributed by atoms with Crippen LogP contribution in [0, 0.1) is 0 Å². The molecule has 0 aliphatic carbocycles. The highest BCUT2D eigenvalue weighted by atomic mass is 35.5. The molecule has 9 heteroatoms. The van der Waals surface area contributed by atoms with Gasteiger partial charge in [0.25, 0.3) is 0 Å². The molecule has 5 aromatic heterocycles. The van der Waals surface area contributed by atoms with Crippen LogP contribution in [0.4, 0.5) is 0 Å². The summed E-state index contributed by atoms with van der Waals surface area (Å²) in [5.41, 5.74) is 4.03. The van der Waals surface area contributed by atoms with Crippen LogP contribution >= 0.6 is 11.6 Å². The smallest absolute Gasteiger partial charge is 0.217 e. The van der Waals surface area contributed by atoms with Gasteiger partial charge in [-0.2, -0.15) is 5.10 Å². The van der Waals surface area contributed by atoms with E-state index >= 15 is 0 Å². The van der Waals surface area contributed by atoms with Crippen molar-refractivity contribution in [2.75, 3.05) is 0 Å². The van der Waals surface area contributed by atoms with E-state index in [0.717, 1.165) is 22.5 Å². The van der Waals surface area contributed by atoms with Crippen molar-refractivity contribution in [3.63, 3.8) is 0 Å². The molecule has 0 saturated carbocycles. The van der Waals surface area contributed by atoms with Crippen LogP contribution in [-0.2, 0) is 7.05 Å². The summed E-state index contributed by atoms with van der Waals surface area (Å²) in [6, 6.07) is 8.02. The summed E-state index contributed by atoms with van der Waals surface area (Å²) in [5, 5.41) is 9.77. The van der Waals surface area contributed by atoms with Gasteiger partial charge in [0.05, 0.1) is 11.4 Å². The number of fused-ring (bicyclic) bond motifs is 1. The summed E-state index contributed by atoms with van der Waals surface area (Å²) in [4.78, 5) is 13.4. The van der Waals surface area contributed by atoms with Crippen molar-refractivity contribution in [3.8, 4) is 34.2 Å². The third kappa shape index (κ3) is 2.96. The van der Waals surface area contributed by atoms with Gasteiger partial charge in [-0.25, -0.2) is 14.5 Å². The summed E-state index contributed by atoms with van der Waals surface area (Å²) in [7, 11) is 1.89. The molecule has 0 aliphatic heterocycles. The van der Waals surface area contributed by atoms with Crippen LogP contribution in [0.25, 0.3) is 39.7 Å². The molecule has 8 nitrogen and oxygen atoms in total. The van der Waals surface area contributed by atoms with Crippen molar-refractivity contribution in [1.82, 2.24) is 38.9 Å². The Kier molecular flexibility index (Phi) is 4.36. The van der Waals surface area contributed by atoms with Crippen LogP contribution in [0.15, 0.2) is 55.2 Å². The third-order valence-electron chi connectivity index (χ3n) is 4.94. The minimum atomic E-state index is 0.257. The van der Waals surface area contributed by atoms with Crippen molar-refractivity contribution < 1.29 is 0 Å². The lowest BCUT2D eigenvalue weighted by atomic mass is 10.1. The highest BCUT2D eigenvalue weighted by Gasteiger charge is 2.22. The molecule has 5 heterocycles. The maximum Gasteiger partial charge on any atom is 0.217 e. The standard InChI is InChI=1S/C21H19ClN8/c1-13(2)29-10-7-15(26-29)14-12-30-18(17(14)16-6-4-5-8-23-16)19(22)25-20(27-30)21-24-9-11-28(21)3/h4-13H,1-3H3. The number of nitrogens with zero attached hydrogens (tertiary/aromatic N) is 8. The van der Waals surface area contributed by atoms with Crippen molar-refractivity contribution in [3.05, 3.63) is 60.4 Å². The molecular weight excluding hydrogens is 400 g/mol. The maximum absolute atomic E-state index is 6.68. The lowest BCUT2D eigenvalue weighted by Gasteiger charge is -2.06. The van der Waals surface area contributed by atoms with Gasteiger partial charge in [-0.05, 0) is 32.0 Å². The maximum atomic E-state index is 6.68. The normalized spacial score (nSPS) is 11.6. The van der Waals surface area contributed by atoms with E-state index in [9.17, 15) is 0 Å². The number of aryl methyl sites for hydroxylation is 1. The fourth-order valence-electron chi connectivity index (χ4n) is 3.45. The second-order valence-electron chi connectivity index (χ2n) is 7.29. The summed E-state index contributed by atoms with van der Waals surface area (Å²) >= 11 is 6.68. The van der Waals surface area contributed by atoms with Crippen molar-refractivity contribution in [1.29, 1.82) is 0 Å². The van der Waals surface area contributed by atoms with Crippen LogP contribution < -0.4 is 0 Å². The Morgan fingerprint density at radius 1 is 0.967 bits per heavy atom. The van der Waals surface area contributed by atoms with E-state index in [0.29, 0.717) is 22.3 Å². The number of pyridine rings is 1. The number of hydrogen-bond acceptors (Lipinski definition) is 5. The van der Waals surface area contributed by atoms with E-state index < -0.39 is 0 Å². The summed E-state index contributed by atoms with van der Waals surface area (Å²) in [5.74, 6) is 1.08. The zero-order valence-corrected chi connectivity index (χ0v) is 17.5. The van der Waals surface area contributed by atoms with Gasteiger partial charge >= 0.3 is 0 Å². The van der Waals surface area contributed by atoms with Gasteiger partial charge < -0.3 is 4.57 Å². The minimum absolute atomic E-state index is 0.257. The number of imidazole rings is 1. The van der Waals surface area contributed by atoms with Gasteiger partial charge in [0.2, 0.25) is 5.82 Å². The molecule has 0 saturated heterocycles. The Balaban J connectivity index is 1.80. The molecule has 30 heavy (non-hydrogen) atoms. The molecule has 0 spiro atoms. The van der Waals surface area contributed by atoms with Crippen LogP contribution in [0.2, 0.25) is 5.15 Å². The van der Waals surface area contributed by atoms with E-state index in [-0.39, 0.29) is 6.04 Å². The van der Waals surface area contributed by atoms with Crippen LogP contribution in [0.3, 0.4) is 0 Å². The molecule has 0 N–H and O–H groups in total. The molecule has 0 aromatic carbocycles. The van der Waals surface area contributed by atoms with E-state index in [2.05, 4.69) is 33.9 Å². The molecule has 0 atom stereocenters. The topological polar surface area (TPSA) is 78.7 Å². The second-order valence-corrected chi connectivity index (χ2v) is 7.65. The van der Waals surface area contributed by atoms with Crippen molar-refractivity contribution in [2.45, 2.75) is 19.9 Å². The van der Waals surface area contributed by atoms with Gasteiger partial charge in [0, 0.05) is 55.2 Å². The predicted molar refractivity (Wildman–Crippen MR) is 115 cm³/mol. The fourth-order valence-corrected chi connectivity index (χ4v) is 3.71. The predicted octanol–water partition coefficient (Wildman–Crippen LogP) is 4.29. The van der Waals surface area contributed by atoms with Crippen molar-refractivity contribution >= 4 is 17.1 Å². The highest BCUT2D eigenvalue weighted by molar-refractivity contribution is 6.33. The second kappa shape index (κ2) is 7.07. The molecule has 150 valence electrons. The van der Waals surface area contributed by atoms with Crippen molar-refractivity contribution in [2.24, 2.45) is 7.05 Å². The quantitative estimate of drug-likeness (QED) is 0.435. The van der Waals surface area contributed by atoms with Crippen LogP contribution in [0.1, 0.15) is 19.9 Å². The van der Waals surface area contributed by atoms with E-state index in [1.54, 1.807) is 16.9 Å². The molecule has 0 unspecified atom stereocenters. The zero-order chi connectivity index (χ0) is 20.8. The number of rotatable bonds is 4. The average molecular weight is 419 g/mol. The monoisotopic (exact) mass is 418 g/mol. The number of hydrogen-bond donors (Lipinski definition) is 0. The highest BCUT2D eigenvalue weighted by Crippen LogP contribution is 2.38. The average Bonchev–Trinajstić information content (AvgIpc) is 3.46. The molecule has 5 aromatic rings. The molecule has 0 amide bonds. The van der Waals surface area contributed by atoms with Gasteiger partial charge in [-0.3, -0.25) is 9.67 Å². The molecule has 0 fully saturated rings. The van der Waals surface area contributed by atoms with E-state index in [4.69, 9.17) is 16.7 Å². The largest absolute Gasteiger partial charge is 0.331 e. The zero-order valence-electron chi connectivity index (χ0n) is 16.7. The summed E-state index contributed by atoms with van der Waals surface area (Å²) in [6.07, 6.45) is 9.20. The first-order valence-electron chi connectivity index (χ1n) is 9.56. The summed E-state index contributed by atoms with van der Waals surface area (Å²) in [6.45, 7) is 4.18. The first kappa shape index (κ1) is 18.5. The fraction of sp³-hybridized carbons (Fsp3) is 0.190. The lowest BCUT2D eigenvalue weighted by molar-refractivity contribution is 0.534. The van der Waals surface area contributed by atoms with Gasteiger partial charge in [-0.15, -0.1) is 5.10 Å². The molecule has 0 aliphatic rings. The molecule has 5 rings (SSSR count). The Morgan fingerprint density at radius 3 is 2.50 bits per heavy atom. The molecule has 0 radical (unpaired) electrons. The molecular formula is C21H19ClN8. The van der Waals surface area contributed by atoms with Gasteiger partial charge in [-0.1, -0.05) is 17.7 Å². The minimum Gasteiger partial charge on any atom is -0.331 e. The van der Waals surface area contributed by atoms with E-state index in [1.165, 1.54) is 0 Å². The Labute approximate surface area is 177 Å². The SMILES string of the molecule is CC(C)n1ccc(-c2cn3nc(-c4nccn4C)nc(Cl)c3c2-c2ccccn2)n1. The Bertz CT molecular complexity index is 1350. The van der Waals surface area contributed by atoms with Gasteiger partial charge in [0.1, 0.15) is 5.52 Å². The molecule has 0 bridgehead atoms. The number of halogens is 1. The van der Waals surface area contributed by atoms with E-state index in [1.807, 2.05) is 59.2 Å².